The van der Waals surface area contributed by atoms with Gasteiger partial charge in [0, 0.05) is 31.0 Å². The fourth-order valence-corrected chi connectivity index (χ4v) is 6.59. The van der Waals surface area contributed by atoms with Crippen molar-refractivity contribution in [3.8, 4) is 0 Å². The Kier molecular flexibility index (Phi) is 7.56. The number of nitrogens with zero attached hydrogens (tertiary/aromatic N) is 3. The van der Waals surface area contributed by atoms with E-state index in [2.05, 4.69) is 4.98 Å². The molecule has 1 aliphatic rings. The van der Waals surface area contributed by atoms with E-state index in [-0.39, 0.29) is 22.3 Å². The highest BCUT2D eigenvalue weighted by molar-refractivity contribution is 7.98. The minimum Gasteiger partial charge on any atom is -0.376 e. The van der Waals surface area contributed by atoms with Gasteiger partial charge in [0.05, 0.1) is 28.6 Å². The van der Waals surface area contributed by atoms with Crippen molar-refractivity contribution in [2.24, 2.45) is 0 Å². The first-order valence-electron chi connectivity index (χ1n) is 11.1. The smallest absolute Gasteiger partial charge is 0.243 e. The van der Waals surface area contributed by atoms with Crippen LogP contribution in [0.5, 0.6) is 0 Å². The van der Waals surface area contributed by atoms with Gasteiger partial charge in [-0.2, -0.15) is 4.31 Å². The molecule has 1 aromatic heterocycles. The van der Waals surface area contributed by atoms with E-state index in [1.807, 2.05) is 4.57 Å². The molecule has 1 atom stereocenters. The number of fused-ring (bicyclic) bond motifs is 1. The topological polar surface area (TPSA) is 64.4 Å². The van der Waals surface area contributed by atoms with Gasteiger partial charge >= 0.3 is 0 Å². The van der Waals surface area contributed by atoms with Gasteiger partial charge in [-0.15, -0.1) is 0 Å². The largest absolute Gasteiger partial charge is 0.376 e. The van der Waals surface area contributed by atoms with Gasteiger partial charge in [0.1, 0.15) is 5.82 Å². The molecule has 1 saturated heterocycles. The average molecular weight is 514 g/mol. The lowest BCUT2D eigenvalue weighted by Gasteiger charge is -2.18. The summed E-state index contributed by atoms with van der Waals surface area (Å²) in [5.41, 5.74) is 0.774. The summed E-state index contributed by atoms with van der Waals surface area (Å²) in [6, 6.07) is 6.41. The van der Waals surface area contributed by atoms with Crippen LogP contribution in [0.3, 0.4) is 0 Å². The molecule has 0 N–H and O–H groups in total. The van der Waals surface area contributed by atoms with Crippen molar-refractivity contribution >= 4 is 32.8 Å². The summed E-state index contributed by atoms with van der Waals surface area (Å²) in [6.45, 7) is 5.36. The molecule has 2 aromatic carbocycles. The molecule has 2 heterocycles. The van der Waals surface area contributed by atoms with Gasteiger partial charge in [0.25, 0.3) is 0 Å². The summed E-state index contributed by atoms with van der Waals surface area (Å²) < 4.78 is 76.9. The lowest BCUT2D eigenvalue weighted by atomic mass is 10.2. The lowest BCUT2D eigenvalue weighted by molar-refractivity contribution is 0.0960. The van der Waals surface area contributed by atoms with E-state index in [9.17, 15) is 21.6 Å². The maximum Gasteiger partial charge on any atom is 0.243 e. The first-order chi connectivity index (χ1) is 16.3. The van der Waals surface area contributed by atoms with Gasteiger partial charge in [0.2, 0.25) is 10.0 Å². The Morgan fingerprint density at radius 2 is 1.88 bits per heavy atom. The summed E-state index contributed by atoms with van der Waals surface area (Å²) in [6.07, 6.45) is 1.76. The molecular weight excluding hydrogens is 487 g/mol. The number of aromatic nitrogens is 2. The number of ether oxygens (including phenoxy) is 1. The van der Waals surface area contributed by atoms with E-state index in [4.69, 9.17) is 4.74 Å². The third-order valence-electron chi connectivity index (χ3n) is 5.92. The van der Waals surface area contributed by atoms with Crippen LogP contribution in [-0.4, -0.2) is 48.1 Å². The number of hydrogen-bond donors (Lipinski definition) is 0. The second-order valence-corrected chi connectivity index (χ2v) is 10.9. The van der Waals surface area contributed by atoms with Crippen molar-refractivity contribution in [2.45, 2.75) is 55.1 Å². The molecule has 0 unspecified atom stereocenters. The molecule has 0 bridgehead atoms. The van der Waals surface area contributed by atoms with Gasteiger partial charge in [-0.25, -0.2) is 26.6 Å². The molecule has 0 radical (unpaired) electrons. The molecule has 0 aliphatic carbocycles. The maximum absolute atomic E-state index is 14.2. The number of imidazole rings is 1. The van der Waals surface area contributed by atoms with Crippen LogP contribution in [0.25, 0.3) is 11.0 Å². The molecule has 11 heteroatoms. The van der Waals surface area contributed by atoms with Crippen LogP contribution in [0.15, 0.2) is 40.4 Å². The van der Waals surface area contributed by atoms with Gasteiger partial charge < -0.3 is 9.30 Å². The van der Waals surface area contributed by atoms with Crippen molar-refractivity contribution < 1.29 is 26.3 Å². The lowest BCUT2D eigenvalue weighted by Crippen LogP contribution is -2.30. The highest BCUT2D eigenvalue weighted by Gasteiger charge is 2.25. The summed E-state index contributed by atoms with van der Waals surface area (Å²) in [5.74, 6) is -3.34. The third-order valence-corrected chi connectivity index (χ3v) is 8.97. The van der Waals surface area contributed by atoms with Gasteiger partial charge in [-0.3, -0.25) is 0 Å². The first kappa shape index (κ1) is 25.0. The predicted molar refractivity (Wildman–Crippen MR) is 125 cm³/mol. The van der Waals surface area contributed by atoms with Gasteiger partial charge in [0.15, 0.2) is 16.8 Å². The maximum atomic E-state index is 14.2. The summed E-state index contributed by atoms with van der Waals surface area (Å²) >= 11 is 1.06. The highest BCUT2D eigenvalue weighted by Crippen LogP contribution is 2.32. The van der Waals surface area contributed by atoms with Crippen LogP contribution in [0.1, 0.15) is 32.3 Å². The molecule has 6 nitrogen and oxygen atoms in total. The van der Waals surface area contributed by atoms with Crippen molar-refractivity contribution in [1.29, 1.82) is 0 Å². The fourth-order valence-electron chi connectivity index (χ4n) is 4.08. The first-order valence-corrected chi connectivity index (χ1v) is 13.6. The number of benzene rings is 2. The molecule has 0 spiro atoms. The molecule has 0 saturated carbocycles. The number of halogens is 3. The minimum atomic E-state index is -3.68. The number of sulfonamides is 1. The van der Waals surface area contributed by atoms with Crippen molar-refractivity contribution in [2.75, 3.05) is 19.7 Å². The highest BCUT2D eigenvalue weighted by atomic mass is 32.2. The zero-order valence-corrected chi connectivity index (χ0v) is 20.6. The zero-order chi connectivity index (χ0) is 24.5. The molecule has 1 aliphatic heterocycles. The van der Waals surface area contributed by atoms with Crippen LogP contribution in [-0.2, 0) is 27.1 Å². The van der Waals surface area contributed by atoms with Gasteiger partial charge in [-0.1, -0.05) is 25.6 Å². The minimum absolute atomic E-state index is 0.0431. The van der Waals surface area contributed by atoms with Crippen molar-refractivity contribution in [3.05, 3.63) is 53.3 Å². The summed E-state index contributed by atoms with van der Waals surface area (Å²) in [5, 5.41) is 0.450. The molecule has 3 aromatic rings. The monoisotopic (exact) mass is 513 g/mol. The molecule has 184 valence electrons. The summed E-state index contributed by atoms with van der Waals surface area (Å²) in [4.78, 5) is 4.71. The van der Waals surface area contributed by atoms with E-state index in [1.54, 1.807) is 26.0 Å². The predicted octanol–water partition coefficient (Wildman–Crippen LogP) is 4.96. The second kappa shape index (κ2) is 10.3. The van der Waals surface area contributed by atoms with Gasteiger partial charge in [-0.05, 0) is 43.2 Å². The van der Waals surface area contributed by atoms with Crippen molar-refractivity contribution in [3.63, 3.8) is 0 Å². The molecule has 0 amide bonds. The van der Waals surface area contributed by atoms with E-state index in [1.165, 1.54) is 10.4 Å². The molecule has 4 rings (SSSR count). The van der Waals surface area contributed by atoms with Crippen LogP contribution >= 0.6 is 11.8 Å². The SMILES string of the molecule is CCN(CC)S(=O)(=O)c1ccc2c(c1)nc(SCc1c(F)ccc(F)c1F)n2C[C@H]1CCCO1. The van der Waals surface area contributed by atoms with E-state index < -0.39 is 27.5 Å². The second-order valence-electron chi connectivity index (χ2n) is 7.99. The van der Waals surface area contributed by atoms with Crippen LogP contribution in [0.2, 0.25) is 0 Å². The number of thioether (sulfide) groups is 1. The number of rotatable bonds is 9. The quantitative estimate of drug-likeness (QED) is 0.299. The van der Waals surface area contributed by atoms with Crippen molar-refractivity contribution in [1.82, 2.24) is 13.9 Å². The molecular formula is C23H26F3N3O3S2. The molecule has 1 fully saturated rings. The van der Waals surface area contributed by atoms with E-state index >= 15 is 0 Å². The van der Waals surface area contributed by atoms with E-state index in [0.29, 0.717) is 42.4 Å². The van der Waals surface area contributed by atoms with Crippen LogP contribution in [0, 0.1) is 17.5 Å². The zero-order valence-electron chi connectivity index (χ0n) is 18.9. The van der Waals surface area contributed by atoms with Crippen LogP contribution in [0.4, 0.5) is 13.2 Å². The van der Waals surface area contributed by atoms with E-state index in [0.717, 1.165) is 36.7 Å². The Morgan fingerprint density at radius 1 is 1.15 bits per heavy atom. The molecule has 34 heavy (non-hydrogen) atoms. The fraction of sp³-hybridized carbons (Fsp3) is 0.435. The Morgan fingerprint density at radius 3 is 2.56 bits per heavy atom. The Bertz CT molecular complexity index is 1290. The Labute approximate surface area is 201 Å². The summed E-state index contributed by atoms with van der Waals surface area (Å²) in [7, 11) is -3.68. The third kappa shape index (κ3) is 4.84. The standard InChI is InChI=1S/C23H26F3N3O3S2/c1-3-28(4-2)34(30,31)16-7-10-21-20(12-16)27-23(29(21)13-15-6-5-11-32-15)33-14-17-18(24)8-9-19(25)22(17)26/h7-10,12,15H,3-6,11,13-14H2,1-2H3/t15-/m1/s1. The average Bonchev–Trinajstić information content (AvgIpc) is 3.45. The Balaban J connectivity index is 1.73. The Hall–Kier alpha value is -2.08. The number of hydrogen-bond acceptors (Lipinski definition) is 5. The van der Waals surface area contributed by atoms with Crippen LogP contribution < -0.4 is 0 Å². The normalized spacial score (nSPS) is 16.7.